The molecule has 0 N–H and O–H groups in total. The number of carbonyl (C=O) groups is 1. The highest BCUT2D eigenvalue weighted by Crippen LogP contribution is 2.21. The predicted molar refractivity (Wildman–Crippen MR) is 79.2 cm³/mol. The Hall–Kier alpha value is -2.17. The number of anilines is 1. The van der Waals surface area contributed by atoms with Crippen molar-refractivity contribution in [3.63, 3.8) is 0 Å². The van der Waals surface area contributed by atoms with Crippen LogP contribution in [0.4, 0.5) is 5.82 Å². The molecule has 0 radical (unpaired) electrons. The lowest BCUT2D eigenvalue weighted by Gasteiger charge is -2.21. The fourth-order valence-corrected chi connectivity index (χ4v) is 2.20. The number of aromatic nitrogens is 2. The molecule has 1 aromatic heterocycles. The molecule has 0 aliphatic rings. The summed E-state index contributed by atoms with van der Waals surface area (Å²) in [6.45, 7) is 7.86. The monoisotopic (exact) mass is 273 g/mol. The third kappa shape index (κ3) is 2.57. The first kappa shape index (κ1) is 14.2. The van der Waals surface area contributed by atoms with Crippen molar-refractivity contribution in [2.75, 3.05) is 25.1 Å². The van der Waals surface area contributed by atoms with Crippen LogP contribution < -0.4 is 4.90 Å². The number of benzene rings is 1. The number of aryl methyl sites for hydroxylation is 1. The van der Waals surface area contributed by atoms with Crippen molar-refractivity contribution in [3.05, 3.63) is 29.5 Å². The zero-order valence-corrected chi connectivity index (χ0v) is 12.3. The van der Waals surface area contributed by atoms with Gasteiger partial charge in [0, 0.05) is 13.1 Å². The molecule has 0 amide bonds. The molecule has 0 saturated carbocycles. The summed E-state index contributed by atoms with van der Waals surface area (Å²) < 4.78 is 4.73. The van der Waals surface area contributed by atoms with E-state index >= 15 is 0 Å². The number of carbonyl (C=O) groups excluding carboxylic acids is 1. The van der Waals surface area contributed by atoms with Gasteiger partial charge < -0.3 is 9.64 Å². The van der Waals surface area contributed by atoms with Gasteiger partial charge in [-0.05, 0) is 39.0 Å². The van der Waals surface area contributed by atoms with Gasteiger partial charge in [0.15, 0.2) is 5.82 Å². The molecule has 0 spiro atoms. The summed E-state index contributed by atoms with van der Waals surface area (Å²) in [4.78, 5) is 22.9. The molecular formula is C15H19N3O2. The molecule has 0 aliphatic heterocycles. The fourth-order valence-electron chi connectivity index (χ4n) is 2.20. The summed E-state index contributed by atoms with van der Waals surface area (Å²) >= 11 is 0. The van der Waals surface area contributed by atoms with Crippen molar-refractivity contribution in [1.29, 1.82) is 0 Å². The number of esters is 1. The van der Waals surface area contributed by atoms with E-state index in [2.05, 4.69) is 28.7 Å². The number of methoxy groups -OCH3 is 1. The Kier molecular flexibility index (Phi) is 4.17. The van der Waals surface area contributed by atoms with Crippen molar-refractivity contribution in [1.82, 2.24) is 9.97 Å². The van der Waals surface area contributed by atoms with Crippen LogP contribution in [-0.4, -0.2) is 36.1 Å². The number of hydrogen-bond donors (Lipinski definition) is 0. The van der Waals surface area contributed by atoms with Gasteiger partial charge in [0.05, 0.1) is 29.4 Å². The van der Waals surface area contributed by atoms with Gasteiger partial charge in [-0.15, -0.1) is 0 Å². The van der Waals surface area contributed by atoms with E-state index in [0.717, 1.165) is 30.1 Å². The SMILES string of the molecule is CCN(CC)c1nc2cc(C(=O)OC)ccc2nc1C. The molecule has 106 valence electrons. The third-order valence-electron chi connectivity index (χ3n) is 3.30. The number of nitrogens with zero attached hydrogens (tertiary/aromatic N) is 3. The summed E-state index contributed by atoms with van der Waals surface area (Å²) in [6.07, 6.45) is 0. The third-order valence-corrected chi connectivity index (χ3v) is 3.30. The average Bonchev–Trinajstić information content (AvgIpc) is 2.47. The smallest absolute Gasteiger partial charge is 0.337 e. The van der Waals surface area contributed by atoms with Crippen LogP contribution in [0.25, 0.3) is 11.0 Å². The average molecular weight is 273 g/mol. The van der Waals surface area contributed by atoms with Crippen LogP contribution in [0.5, 0.6) is 0 Å². The molecule has 1 aromatic carbocycles. The van der Waals surface area contributed by atoms with Gasteiger partial charge in [0.1, 0.15) is 0 Å². The van der Waals surface area contributed by atoms with Gasteiger partial charge in [-0.3, -0.25) is 0 Å². The quantitative estimate of drug-likeness (QED) is 0.801. The minimum absolute atomic E-state index is 0.362. The standard InChI is InChI=1S/C15H19N3O2/c1-5-18(6-2)14-10(3)16-12-8-7-11(15(19)20-4)9-13(12)17-14/h7-9H,5-6H2,1-4H3. The van der Waals surface area contributed by atoms with E-state index < -0.39 is 0 Å². The van der Waals surface area contributed by atoms with Gasteiger partial charge in [0.25, 0.3) is 0 Å². The van der Waals surface area contributed by atoms with E-state index in [1.165, 1.54) is 7.11 Å². The molecule has 5 nitrogen and oxygen atoms in total. The van der Waals surface area contributed by atoms with Crippen LogP contribution in [0, 0.1) is 6.92 Å². The van der Waals surface area contributed by atoms with E-state index in [0.29, 0.717) is 11.1 Å². The Balaban J connectivity index is 2.57. The number of rotatable bonds is 4. The molecular weight excluding hydrogens is 254 g/mol. The van der Waals surface area contributed by atoms with Crippen LogP contribution >= 0.6 is 0 Å². The Morgan fingerprint density at radius 3 is 2.50 bits per heavy atom. The summed E-state index contributed by atoms with van der Waals surface area (Å²) in [7, 11) is 1.37. The predicted octanol–water partition coefficient (Wildman–Crippen LogP) is 2.57. The second kappa shape index (κ2) is 5.86. The van der Waals surface area contributed by atoms with Crippen molar-refractivity contribution in [2.45, 2.75) is 20.8 Å². The van der Waals surface area contributed by atoms with Gasteiger partial charge in [-0.1, -0.05) is 0 Å². The van der Waals surface area contributed by atoms with Crippen molar-refractivity contribution < 1.29 is 9.53 Å². The molecule has 0 saturated heterocycles. The first-order chi connectivity index (χ1) is 9.60. The van der Waals surface area contributed by atoms with E-state index in [4.69, 9.17) is 4.74 Å². The lowest BCUT2D eigenvalue weighted by Crippen LogP contribution is -2.24. The summed E-state index contributed by atoms with van der Waals surface area (Å²) in [5.41, 5.74) is 2.88. The Labute approximate surface area is 118 Å². The summed E-state index contributed by atoms with van der Waals surface area (Å²) in [5.74, 6) is 0.503. The van der Waals surface area contributed by atoms with Gasteiger partial charge in [0.2, 0.25) is 0 Å². The second-order valence-corrected chi connectivity index (χ2v) is 4.50. The molecule has 0 bridgehead atoms. The fraction of sp³-hybridized carbons (Fsp3) is 0.400. The lowest BCUT2D eigenvalue weighted by molar-refractivity contribution is 0.0601. The van der Waals surface area contributed by atoms with E-state index in [1.807, 2.05) is 6.92 Å². The van der Waals surface area contributed by atoms with Crippen LogP contribution in [0.1, 0.15) is 29.9 Å². The zero-order chi connectivity index (χ0) is 14.7. The van der Waals surface area contributed by atoms with Crippen molar-refractivity contribution in [3.8, 4) is 0 Å². The van der Waals surface area contributed by atoms with Gasteiger partial charge >= 0.3 is 5.97 Å². The molecule has 0 fully saturated rings. The van der Waals surface area contributed by atoms with Crippen LogP contribution in [0.15, 0.2) is 18.2 Å². The normalized spacial score (nSPS) is 10.6. The lowest BCUT2D eigenvalue weighted by atomic mass is 10.2. The van der Waals surface area contributed by atoms with Crippen LogP contribution in [0.3, 0.4) is 0 Å². The minimum atomic E-state index is -0.362. The Morgan fingerprint density at radius 2 is 1.90 bits per heavy atom. The van der Waals surface area contributed by atoms with E-state index in [1.54, 1.807) is 18.2 Å². The van der Waals surface area contributed by atoms with Crippen LogP contribution in [0.2, 0.25) is 0 Å². The molecule has 0 unspecified atom stereocenters. The van der Waals surface area contributed by atoms with Crippen molar-refractivity contribution >= 4 is 22.8 Å². The molecule has 20 heavy (non-hydrogen) atoms. The Morgan fingerprint density at radius 1 is 1.20 bits per heavy atom. The highest BCUT2D eigenvalue weighted by molar-refractivity contribution is 5.93. The maximum atomic E-state index is 11.6. The number of fused-ring (bicyclic) bond motifs is 1. The molecule has 0 atom stereocenters. The first-order valence-electron chi connectivity index (χ1n) is 6.72. The minimum Gasteiger partial charge on any atom is -0.465 e. The molecule has 2 aromatic rings. The number of hydrogen-bond acceptors (Lipinski definition) is 5. The highest BCUT2D eigenvalue weighted by atomic mass is 16.5. The van der Waals surface area contributed by atoms with Gasteiger partial charge in [-0.2, -0.15) is 0 Å². The molecule has 0 aliphatic carbocycles. The number of ether oxygens (including phenoxy) is 1. The zero-order valence-electron chi connectivity index (χ0n) is 12.3. The summed E-state index contributed by atoms with van der Waals surface area (Å²) in [6, 6.07) is 5.23. The van der Waals surface area contributed by atoms with E-state index in [-0.39, 0.29) is 5.97 Å². The van der Waals surface area contributed by atoms with Crippen LogP contribution in [-0.2, 0) is 4.74 Å². The van der Waals surface area contributed by atoms with Gasteiger partial charge in [-0.25, -0.2) is 14.8 Å². The summed E-state index contributed by atoms with van der Waals surface area (Å²) in [5, 5.41) is 0. The molecule has 2 rings (SSSR count). The molecule has 1 heterocycles. The first-order valence-corrected chi connectivity index (χ1v) is 6.72. The topological polar surface area (TPSA) is 55.3 Å². The largest absolute Gasteiger partial charge is 0.465 e. The molecule has 5 heteroatoms. The second-order valence-electron chi connectivity index (χ2n) is 4.50. The van der Waals surface area contributed by atoms with Crippen molar-refractivity contribution in [2.24, 2.45) is 0 Å². The maximum absolute atomic E-state index is 11.6. The Bertz CT molecular complexity index is 636. The highest BCUT2D eigenvalue weighted by Gasteiger charge is 2.12. The van der Waals surface area contributed by atoms with E-state index in [9.17, 15) is 4.79 Å². The maximum Gasteiger partial charge on any atom is 0.337 e.